The number of hydrogen-bond acceptors (Lipinski definition) is 4. The highest BCUT2D eigenvalue weighted by molar-refractivity contribution is 6.31. The number of carbonyl (C=O) groups excluding carboxylic acids is 3. The number of fused-ring (bicyclic) bond motifs is 1. The monoisotopic (exact) mass is 353 g/mol. The average molecular weight is 354 g/mol. The molecule has 1 aliphatic heterocycles. The molecule has 0 bridgehead atoms. The Morgan fingerprint density at radius 3 is 2.32 bits per heavy atom. The lowest BCUT2D eigenvalue weighted by Crippen LogP contribution is -2.45. The standard InChI is InChI=1S/C18H12ClN3O3/c1-10(16(23)21-15-8-12(19)7-6-11(15)9-20)22-17(24)13-4-2-3-5-14(13)18(22)25/h2-8,10H,1H3,(H,21,23)/t10-/m0/s1. The van der Waals surface area contributed by atoms with Crippen LogP contribution in [-0.4, -0.2) is 28.7 Å². The Morgan fingerprint density at radius 1 is 1.16 bits per heavy atom. The van der Waals surface area contributed by atoms with Gasteiger partial charge in [0.2, 0.25) is 5.91 Å². The lowest BCUT2D eigenvalue weighted by molar-refractivity contribution is -0.119. The zero-order chi connectivity index (χ0) is 18.1. The van der Waals surface area contributed by atoms with E-state index >= 15 is 0 Å². The fraction of sp³-hybridized carbons (Fsp3) is 0.111. The highest BCUT2D eigenvalue weighted by Gasteiger charge is 2.40. The van der Waals surface area contributed by atoms with Gasteiger partial charge in [-0.15, -0.1) is 0 Å². The van der Waals surface area contributed by atoms with Crippen molar-refractivity contribution in [2.75, 3.05) is 5.32 Å². The van der Waals surface area contributed by atoms with E-state index < -0.39 is 23.8 Å². The van der Waals surface area contributed by atoms with E-state index in [-0.39, 0.29) is 22.4 Å². The van der Waals surface area contributed by atoms with Crippen LogP contribution in [0.2, 0.25) is 5.02 Å². The van der Waals surface area contributed by atoms with Crippen LogP contribution in [0, 0.1) is 11.3 Å². The van der Waals surface area contributed by atoms with Gasteiger partial charge >= 0.3 is 0 Å². The van der Waals surface area contributed by atoms with Crippen molar-refractivity contribution in [3.63, 3.8) is 0 Å². The van der Waals surface area contributed by atoms with Gasteiger partial charge in [-0.25, -0.2) is 0 Å². The van der Waals surface area contributed by atoms with Crippen molar-refractivity contribution in [2.45, 2.75) is 13.0 Å². The average Bonchev–Trinajstić information content (AvgIpc) is 2.86. The van der Waals surface area contributed by atoms with Gasteiger partial charge < -0.3 is 5.32 Å². The summed E-state index contributed by atoms with van der Waals surface area (Å²) in [6, 6.07) is 11.8. The Hall–Kier alpha value is -3.17. The molecule has 0 saturated carbocycles. The Kier molecular flexibility index (Phi) is 4.26. The first-order valence-corrected chi connectivity index (χ1v) is 7.79. The first kappa shape index (κ1) is 16.7. The van der Waals surface area contributed by atoms with E-state index in [1.165, 1.54) is 25.1 Å². The highest BCUT2D eigenvalue weighted by Crippen LogP contribution is 2.26. The minimum absolute atomic E-state index is 0.225. The number of carbonyl (C=O) groups is 3. The van der Waals surface area contributed by atoms with Gasteiger partial charge in [0.1, 0.15) is 12.1 Å². The number of hydrogen-bond donors (Lipinski definition) is 1. The van der Waals surface area contributed by atoms with Crippen LogP contribution in [0.3, 0.4) is 0 Å². The number of amides is 3. The van der Waals surface area contributed by atoms with Gasteiger partial charge in [0.25, 0.3) is 11.8 Å². The summed E-state index contributed by atoms with van der Waals surface area (Å²) in [5.74, 6) is -1.63. The summed E-state index contributed by atoms with van der Waals surface area (Å²) < 4.78 is 0. The van der Waals surface area contributed by atoms with Crippen LogP contribution in [0.1, 0.15) is 33.2 Å². The van der Waals surface area contributed by atoms with E-state index in [1.54, 1.807) is 24.3 Å². The first-order chi connectivity index (χ1) is 11.9. The largest absolute Gasteiger partial charge is 0.323 e. The quantitative estimate of drug-likeness (QED) is 0.859. The molecule has 0 spiro atoms. The third kappa shape index (κ3) is 2.86. The highest BCUT2D eigenvalue weighted by atomic mass is 35.5. The summed E-state index contributed by atoms with van der Waals surface area (Å²) >= 11 is 5.89. The molecule has 0 radical (unpaired) electrons. The molecular formula is C18H12ClN3O3. The number of rotatable bonds is 3. The predicted molar refractivity (Wildman–Crippen MR) is 91.2 cm³/mol. The van der Waals surface area contributed by atoms with E-state index in [0.29, 0.717) is 5.02 Å². The Labute approximate surface area is 148 Å². The van der Waals surface area contributed by atoms with Crippen molar-refractivity contribution >= 4 is 35.0 Å². The summed E-state index contributed by atoms with van der Waals surface area (Å²) in [6.07, 6.45) is 0. The maximum Gasteiger partial charge on any atom is 0.262 e. The van der Waals surface area contributed by atoms with Crippen LogP contribution < -0.4 is 5.32 Å². The zero-order valence-electron chi connectivity index (χ0n) is 13.1. The molecule has 0 aromatic heterocycles. The number of benzene rings is 2. The molecule has 6 nitrogen and oxygen atoms in total. The van der Waals surface area contributed by atoms with Crippen LogP contribution in [0.5, 0.6) is 0 Å². The van der Waals surface area contributed by atoms with Gasteiger partial charge in [0, 0.05) is 5.02 Å². The number of nitrogens with zero attached hydrogens (tertiary/aromatic N) is 2. The summed E-state index contributed by atoms with van der Waals surface area (Å²) in [5, 5.41) is 12.0. The van der Waals surface area contributed by atoms with Crippen molar-refractivity contribution in [1.29, 1.82) is 5.26 Å². The number of nitriles is 1. The molecule has 0 saturated heterocycles. The van der Waals surface area contributed by atoms with Crippen LogP contribution in [-0.2, 0) is 4.79 Å². The second-order valence-electron chi connectivity index (χ2n) is 5.49. The summed E-state index contributed by atoms with van der Waals surface area (Å²) in [6.45, 7) is 1.45. The van der Waals surface area contributed by atoms with E-state index in [1.807, 2.05) is 6.07 Å². The molecule has 3 amide bonds. The zero-order valence-corrected chi connectivity index (χ0v) is 13.9. The summed E-state index contributed by atoms with van der Waals surface area (Å²) in [5.41, 5.74) is 0.996. The fourth-order valence-corrected chi connectivity index (χ4v) is 2.80. The van der Waals surface area contributed by atoms with Gasteiger partial charge in [-0.3, -0.25) is 19.3 Å². The van der Waals surface area contributed by atoms with E-state index in [4.69, 9.17) is 16.9 Å². The third-order valence-electron chi connectivity index (χ3n) is 3.95. The molecule has 124 valence electrons. The summed E-state index contributed by atoms with van der Waals surface area (Å²) in [4.78, 5) is 38.3. The van der Waals surface area contributed by atoms with Crippen LogP contribution >= 0.6 is 11.6 Å². The molecule has 0 unspecified atom stereocenters. The maximum atomic E-state index is 12.5. The smallest absolute Gasteiger partial charge is 0.262 e. The molecule has 25 heavy (non-hydrogen) atoms. The molecule has 0 aliphatic carbocycles. The molecule has 1 N–H and O–H groups in total. The maximum absolute atomic E-state index is 12.5. The normalized spacial score (nSPS) is 14.0. The van der Waals surface area contributed by atoms with Gasteiger partial charge in [-0.1, -0.05) is 23.7 Å². The third-order valence-corrected chi connectivity index (χ3v) is 4.19. The second kappa shape index (κ2) is 6.38. The molecule has 1 aliphatic rings. The van der Waals surface area contributed by atoms with Gasteiger partial charge in [-0.05, 0) is 37.3 Å². The van der Waals surface area contributed by atoms with Gasteiger partial charge in [0.05, 0.1) is 22.4 Å². The number of nitrogens with one attached hydrogen (secondary N) is 1. The SMILES string of the molecule is C[C@@H](C(=O)Nc1cc(Cl)ccc1C#N)N1C(=O)c2ccccc2C1=O. The number of imide groups is 1. The van der Waals surface area contributed by atoms with Crippen molar-refractivity contribution in [1.82, 2.24) is 4.90 Å². The van der Waals surface area contributed by atoms with Crippen LogP contribution in [0.4, 0.5) is 5.69 Å². The van der Waals surface area contributed by atoms with E-state index in [9.17, 15) is 14.4 Å². The Balaban J connectivity index is 1.85. The Morgan fingerprint density at radius 2 is 1.76 bits per heavy atom. The summed E-state index contributed by atoms with van der Waals surface area (Å²) in [7, 11) is 0. The van der Waals surface area contributed by atoms with Crippen molar-refractivity contribution in [2.24, 2.45) is 0 Å². The molecule has 3 rings (SSSR count). The topological polar surface area (TPSA) is 90.3 Å². The minimum Gasteiger partial charge on any atom is -0.323 e. The molecule has 2 aromatic rings. The second-order valence-corrected chi connectivity index (χ2v) is 5.93. The van der Waals surface area contributed by atoms with Crippen molar-refractivity contribution in [3.8, 4) is 6.07 Å². The molecule has 1 heterocycles. The van der Waals surface area contributed by atoms with Gasteiger partial charge in [-0.2, -0.15) is 5.26 Å². The van der Waals surface area contributed by atoms with Crippen molar-refractivity contribution in [3.05, 3.63) is 64.2 Å². The number of anilines is 1. The molecule has 7 heteroatoms. The van der Waals surface area contributed by atoms with E-state index in [2.05, 4.69) is 5.32 Å². The minimum atomic E-state index is -1.04. The lowest BCUT2D eigenvalue weighted by Gasteiger charge is -2.22. The molecule has 0 fully saturated rings. The Bertz CT molecular complexity index is 914. The van der Waals surface area contributed by atoms with Crippen LogP contribution in [0.25, 0.3) is 0 Å². The predicted octanol–water partition coefficient (Wildman–Crippen LogP) is 2.83. The number of halogens is 1. The first-order valence-electron chi connectivity index (χ1n) is 7.41. The fourth-order valence-electron chi connectivity index (χ4n) is 2.63. The molecule has 1 atom stereocenters. The van der Waals surface area contributed by atoms with E-state index in [0.717, 1.165) is 4.90 Å². The van der Waals surface area contributed by atoms with Crippen molar-refractivity contribution < 1.29 is 14.4 Å². The van der Waals surface area contributed by atoms with Gasteiger partial charge in [0.15, 0.2) is 0 Å². The molecular weight excluding hydrogens is 342 g/mol. The molecule has 2 aromatic carbocycles. The lowest BCUT2D eigenvalue weighted by atomic mass is 10.1. The van der Waals surface area contributed by atoms with Crippen LogP contribution in [0.15, 0.2) is 42.5 Å².